The van der Waals surface area contributed by atoms with Crippen molar-refractivity contribution < 1.29 is 31.5 Å². The van der Waals surface area contributed by atoms with Crippen molar-refractivity contribution in [2.75, 3.05) is 16.0 Å². The number of aromatic nitrogens is 1. The van der Waals surface area contributed by atoms with E-state index in [2.05, 4.69) is 15.6 Å². The summed E-state index contributed by atoms with van der Waals surface area (Å²) in [5.74, 6) is -4.64. The number of rotatable bonds is 4. The fourth-order valence-corrected chi connectivity index (χ4v) is 3.23. The first-order valence-corrected chi connectivity index (χ1v) is 10.0. The van der Waals surface area contributed by atoms with E-state index >= 15 is 0 Å². The van der Waals surface area contributed by atoms with Gasteiger partial charge in [0.1, 0.15) is 23.0 Å². The van der Waals surface area contributed by atoms with E-state index in [0.29, 0.717) is 11.1 Å². The Morgan fingerprint density at radius 1 is 0.743 bits per heavy atom. The lowest BCUT2D eigenvalue weighted by molar-refractivity contribution is -0.140. The number of amides is 2. The normalized spacial score (nSPS) is 11.2. The Bertz CT molecular complexity index is 1420. The molecule has 0 unspecified atom stereocenters. The Labute approximate surface area is 194 Å². The third kappa shape index (κ3) is 5.35. The van der Waals surface area contributed by atoms with Crippen molar-refractivity contribution in [2.24, 2.45) is 0 Å². The molecule has 6 nitrogen and oxygen atoms in total. The molecule has 178 valence electrons. The summed E-state index contributed by atoms with van der Waals surface area (Å²) < 4.78 is 67.3. The predicted octanol–water partition coefficient (Wildman–Crippen LogP) is 5.85. The second-order valence-corrected chi connectivity index (χ2v) is 7.28. The number of hydrogen-bond acceptors (Lipinski definition) is 4. The van der Waals surface area contributed by atoms with Crippen LogP contribution < -0.4 is 16.0 Å². The number of para-hydroxylation sites is 2. The lowest BCUT2D eigenvalue weighted by atomic mass is 10.1. The summed E-state index contributed by atoms with van der Waals surface area (Å²) in [6, 6.07) is 15.9. The molecule has 0 aliphatic rings. The minimum atomic E-state index is -4.67. The molecule has 0 saturated heterocycles. The van der Waals surface area contributed by atoms with Gasteiger partial charge in [-0.3, -0.25) is 9.59 Å². The average molecular weight is 486 g/mol. The van der Waals surface area contributed by atoms with Gasteiger partial charge in [0, 0.05) is 16.8 Å². The van der Waals surface area contributed by atoms with Gasteiger partial charge in [-0.15, -0.1) is 0 Å². The molecule has 0 spiro atoms. The third-order valence-corrected chi connectivity index (χ3v) is 4.81. The van der Waals surface area contributed by atoms with E-state index in [-0.39, 0.29) is 16.9 Å². The van der Waals surface area contributed by atoms with Gasteiger partial charge in [0.15, 0.2) is 0 Å². The fraction of sp³-hybridized carbons (Fsp3) is 0.0417. The lowest BCUT2D eigenvalue weighted by Crippen LogP contribution is -2.29. The number of fused-ring (bicyclic) bond motifs is 1. The van der Waals surface area contributed by atoms with Gasteiger partial charge in [-0.05, 0) is 42.5 Å². The van der Waals surface area contributed by atoms with Crippen LogP contribution in [-0.2, 0) is 15.8 Å². The molecule has 4 rings (SSSR count). The molecule has 0 fully saturated rings. The van der Waals surface area contributed by atoms with Gasteiger partial charge >= 0.3 is 18.0 Å². The maximum atomic E-state index is 13.7. The van der Waals surface area contributed by atoms with E-state index in [1.165, 1.54) is 30.3 Å². The molecule has 0 aliphatic heterocycles. The zero-order valence-corrected chi connectivity index (χ0v) is 17.6. The van der Waals surface area contributed by atoms with Gasteiger partial charge in [0.2, 0.25) is 0 Å². The van der Waals surface area contributed by atoms with Crippen LogP contribution in [0.5, 0.6) is 0 Å². The van der Waals surface area contributed by atoms with Crippen LogP contribution >= 0.6 is 0 Å². The van der Waals surface area contributed by atoms with Gasteiger partial charge in [0.25, 0.3) is 0 Å². The highest BCUT2D eigenvalue weighted by atomic mass is 19.4. The Morgan fingerprint density at radius 2 is 1.37 bits per heavy atom. The molecule has 0 bridgehead atoms. The highest BCUT2D eigenvalue weighted by Crippen LogP contribution is 2.34. The van der Waals surface area contributed by atoms with Gasteiger partial charge in [-0.25, -0.2) is 13.8 Å². The summed E-state index contributed by atoms with van der Waals surface area (Å²) >= 11 is 0. The molecule has 11 heteroatoms. The number of nitrogens with one attached hydrogen (secondary N) is 3. The van der Waals surface area contributed by atoms with E-state index in [1.54, 1.807) is 18.2 Å². The largest absolute Gasteiger partial charge is 0.433 e. The molecule has 0 saturated carbocycles. The van der Waals surface area contributed by atoms with E-state index in [1.807, 2.05) is 5.32 Å². The average Bonchev–Trinajstić information content (AvgIpc) is 2.81. The lowest BCUT2D eigenvalue weighted by Gasteiger charge is -2.14. The molecule has 0 radical (unpaired) electrons. The topological polar surface area (TPSA) is 83.1 Å². The van der Waals surface area contributed by atoms with Gasteiger partial charge in [-0.1, -0.05) is 30.3 Å². The van der Waals surface area contributed by atoms with Crippen LogP contribution in [0.25, 0.3) is 10.9 Å². The number of nitrogens with zero attached hydrogens (tertiary/aromatic N) is 1. The van der Waals surface area contributed by atoms with E-state index in [4.69, 9.17) is 0 Å². The van der Waals surface area contributed by atoms with Crippen LogP contribution in [0.3, 0.4) is 0 Å². The van der Waals surface area contributed by atoms with Crippen molar-refractivity contribution in [3.8, 4) is 0 Å². The maximum absolute atomic E-state index is 13.7. The summed E-state index contributed by atoms with van der Waals surface area (Å²) in [5.41, 5.74) is -1.19. The Hall–Kier alpha value is -4.54. The minimum absolute atomic E-state index is 0.110. The quantitative estimate of drug-likeness (QED) is 0.250. The van der Waals surface area contributed by atoms with Gasteiger partial charge < -0.3 is 16.0 Å². The standard InChI is InChI=1S/C24H15F5N4O2/c25-16-8-4-9-17(26)21(16)33-23(35)22(34)31-14-6-3-5-13(11-14)30-19-12-20(24(27,28)29)32-18-10-2-1-7-15(18)19/h1-12H,(H,30,32)(H,31,34)(H,33,35). The molecule has 1 aromatic heterocycles. The second-order valence-electron chi connectivity index (χ2n) is 7.28. The maximum Gasteiger partial charge on any atom is 0.433 e. The number of carbonyl (C=O) groups excluding carboxylic acids is 2. The first-order chi connectivity index (χ1) is 16.6. The molecular weight excluding hydrogens is 471 g/mol. The number of carbonyl (C=O) groups is 2. The summed E-state index contributed by atoms with van der Waals surface area (Å²) in [4.78, 5) is 28.0. The number of pyridine rings is 1. The smallest absolute Gasteiger partial charge is 0.355 e. The number of benzene rings is 3. The number of hydrogen-bond donors (Lipinski definition) is 3. The molecule has 1 heterocycles. The SMILES string of the molecule is O=C(Nc1cccc(Nc2cc(C(F)(F)F)nc3ccccc23)c1)C(=O)Nc1c(F)cccc1F. The van der Waals surface area contributed by atoms with Crippen molar-refractivity contribution in [2.45, 2.75) is 6.18 Å². The highest BCUT2D eigenvalue weighted by molar-refractivity contribution is 6.43. The Morgan fingerprint density at radius 3 is 2.09 bits per heavy atom. The first-order valence-electron chi connectivity index (χ1n) is 10.0. The van der Waals surface area contributed by atoms with Gasteiger partial charge in [0.05, 0.1) is 11.2 Å². The highest BCUT2D eigenvalue weighted by Gasteiger charge is 2.33. The minimum Gasteiger partial charge on any atom is -0.355 e. The van der Waals surface area contributed by atoms with Crippen LogP contribution in [0.4, 0.5) is 44.7 Å². The van der Waals surface area contributed by atoms with Crippen LogP contribution in [0.1, 0.15) is 5.69 Å². The zero-order chi connectivity index (χ0) is 25.2. The predicted molar refractivity (Wildman–Crippen MR) is 120 cm³/mol. The molecule has 0 atom stereocenters. The fourth-order valence-electron chi connectivity index (χ4n) is 3.23. The first kappa shape index (κ1) is 23.6. The molecule has 2 amide bonds. The number of halogens is 5. The summed E-state index contributed by atoms with van der Waals surface area (Å²) in [7, 11) is 0. The van der Waals surface area contributed by atoms with Crippen molar-refractivity contribution in [3.63, 3.8) is 0 Å². The van der Waals surface area contributed by atoms with Crippen LogP contribution in [-0.4, -0.2) is 16.8 Å². The Balaban J connectivity index is 1.55. The van der Waals surface area contributed by atoms with Crippen molar-refractivity contribution >= 4 is 45.5 Å². The molecule has 0 aliphatic carbocycles. The summed E-state index contributed by atoms with van der Waals surface area (Å²) in [6.07, 6.45) is -4.67. The summed E-state index contributed by atoms with van der Waals surface area (Å²) in [5, 5.41) is 7.43. The Kier molecular flexibility index (Phi) is 6.32. The monoisotopic (exact) mass is 486 g/mol. The van der Waals surface area contributed by atoms with Gasteiger partial charge in [-0.2, -0.15) is 13.2 Å². The van der Waals surface area contributed by atoms with Crippen LogP contribution in [0.2, 0.25) is 0 Å². The van der Waals surface area contributed by atoms with E-state index in [0.717, 1.165) is 24.3 Å². The van der Waals surface area contributed by atoms with Crippen LogP contribution in [0, 0.1) is 11.6 Å². The second kappa shape index (κ2) is 9.37. The number of alkyl halides is 3. The molecule has 3 aromatic carbocycles. The third-order valence-electron chi connectivity index (χ3n) is 4.81. The van der Waals surface area contributed by atoms with Crippen LogP contribution in [0.15, 0.2) is 72.8 Å². The van der Waals surface area contributed by atoms with Crippen molar-refractivity contribution in [1.82, 2.24) is 4.98 Å². The van der Waals surface area contributed by atoms with Crippen molar-refractivity contribution in [1.29, 1.82) is 0 Å². The van der Waals surface area contributed by atoms with E-state index in [9.17, 15) is 31.5 Å². The van der Waals surface area contributed by atoms with E-state index < -0.39 is 41.0 Å². The molecule has 3 N–H and O–H groups in total. The molecule has 4 aromatic rings. The molecular formula is C24H15F5N4O2. The van der Waals surface area contributed by atoms with Crippen molar-refractivity contribution in [3.05, 3.63) is 90.1 Å². The molecule has 35 heavy (non-hydrogen) atoms. The summed E-state index contributed by atoms with van der Waals surface area (Å²) in [6.45, 7) is 0. The zero-order valence-electron chi connectivity index (χ0n) is 17.6. The number of anilines is 4.